The Morgan fingerprint density at radius 3 is 2.61 bits per heavy atom. The molecule has 4 aliphatic rings. The predicted octanol–water partition coefficient (Wildman–Crippen LogP) is 3.11. The number of halogens is 3. The van der Waals surface area contributed by atoms with Crippen molar-refractivity contribution in [3.05, 3.63) is 40.1 Å². The Kier molecular flexibility index (Phi) is 8.25. The number of aromatic nitrogens is 2. The summed E-state index contributed by atoms with van der Waals surface area (Å²) in [5, 5.41) is 0. The first-order chi connectivity index (χ1) is 19.6. The number of alkyl halides is 3. The van der Waals surface area contributed by atoms with E-state index in [1.54, 1.807) is 17.9 Å². The number of nitrogens with one attached hydrogen (secondary N) is 2. The molecule has 12 heteroatoms. The van der Waals surface area contributed by atoms with Crippen LogP contribution in [0.4, 0.5) is 13.2 Å². The van der Waals surface area contributed by atoms with Crippen LogP contribution in [0.15, 0.2) is 23.3 Å². The van der Waals surface area contributed by atoms with Crippen LogP contribution in [0.25, 0.3) is 5.52 Å². The van der Waals surface area contributed by atoms with Crippen LogP contribution in [0.1, 0.15) is 62.6 Å². The summed E-state index contributed by atoms with van der Waals surface area (Å²) >= 11 is 0. The van der Waals surface area contributed by atoms with Gasteiger partial charge in [0.05, 0.1) is 30.0 Å². The lowest BCUT2D eigenvalue weighted by atomic mass is 9.78. The van der Waals surface area contributed by atoms with E-state index in [2.05, 4.69) is 39.5 Å². The van der Waals surface area contributed by atoms with Gasteiger partial charge in [0.1, 0.15) is 0 Å². The molecule has 41 heavy (non-hydrogen) atoms. The Morgan fingerprint density at radius 2 is 1.93 bits per heavy atom. The maximum atomic E-state index is 14.3. The Morgan fingerprint density at radius 1 is 1.12 bits per heavy atom. The highest BCUT2D eigenvalue weighted by Gasteiger charge is 2.45. The number of nitrogens with zero attached hydrogens (tertiary/aromatic N) is 5. The van der Waals surface area contributed by atoms with Gasteiger partial charge in [0.2, 0.25) is 0 Å². The minimum Gasteiger partial charge on any atom is -0.379 e. The smallest absolute Gasteiger partial charge is 0.379 e. The Hall–Kier alpha value is -1.96. The number of methoxy groups -OCH3 is 1. The molecule has 228 valence electrons. The van der Waals surface area contributed by atoms with Gasteiger partial charge in [-0.1, -0.05) is 13.3 Å². The average Bonchev–Trinajstić information content (AvgIpc) is 3.47. The molecule has 1 saturated carbocycles. The number of piperidine rings is 1. The number of likely N-dealkylation sites (tertiary alicyclic amines) is 2. The third-order valence-electron chi connectivity index (χ3n) is 9.87. The van der Waals surface area contributed by atoms with E-state index < -0.39 is 11.7 Å². The lowest BCUT2D eigenvalue weighted by Gasteiger charge is -2.50. The van der Waals surface area contributed by atoms with E-state index in [1.165, 1.54) is 16.7 Å². The number of hydrogen-bond acceptors (Lipinski definition) is 7. The summed E-state index contributed by atoms with van der Waals surface area (Å²) in [6.07, 6.45) is 4.56. The largest absolute Gasteiger partial charge is 0.418 e. The zero-order valence-corrected chi connectivity index (χ0v) is 24.4. The van der Waals surface area contributed by atoms with E-state index in [0.29, 0.717) is 23.9 Å². The predicted molar refractivity (Wildman–Crippen MR) is 150 cm³/mol. The molecule has 0 aromatic carbocycles. The number of ether oxygens (including phenoxy) is 1. The molecule has 6 rings (SSSR count). The molecule has 3 aliphatic heterocycles. The van der Waals surface area contributed by atoms with Crippen LogP contribution in [0.3, 0.4) is 0 Å². The molecule has 0 bridgehead atoms. The van der Waals surface area contributed by atoms with Crippen LogP contribution in [-0.4, -0.2) is 89.0 Å². The first-order valence-corrected chi connectivity index (χ1v) is 15.1. The van der Waals surface area contributed by atoms with Crippen LogP contribution in [0, 0.1) is 11.8 Å². The quantitative estimate of drug-likeness (QED) is 0.523. The van der Waals surface area contributed by atoms with Gasteiger partial charge >= 0.3 is 11.9 Å². The number of hydrazine groups is 1. The van der Waals surface area contributed by atoms with Gasteiger partial charge in [-0.3, -0.25) is 23.7 Å². The molecule has 5 atom stereocenters. The Balaban J connectivity index is 1.29. The second-order valence-electron chi connectivity index (χ2n) is 12.9. The highest BCUT2D eigenvalue weighted by atomic mass is 19.4. The third-order valence-corrected chi connectivity index (χ3v) is 9.87. The summed E-state index contributed by atoms with van der Waals surface area (Å²) in [6.45, 7) is 6.79. The van der Waals surface area contributed by atoms with Gasteiger partial charge in [-0.05, 0) is 69.2 Å². The molecule has 5 heterocycles. The topological polar surface area (TPSA) is 69.4 Å². The number of likely N-dealkylation sites (N-methyl/N-ethyl adjacent to an activating group) is 1. The fourth-order valence-corrected chi connectivity index (χ4v) is 7.74. The maximum absolute atomic E-state index is 14.3. The molecular weight excluding hydrogens is 535 g/mol. The van der Waals surface area contributed by atoms with Crippen molar-refractivity contribution in [3.8, 4) is 0 Å². The third kappa shape index (κ3) is 5.83. The van der Waals surface area contributed by atoms with Crippen molar-refractivity contribution < 1.29 is 17.9 Å². The SMILES string of the molecule is COC1CN([C@@H](C2CCCC(n3cc4c(C(F)(F)F)cc(CN5CCC[C@H](C)C5)cn4c3=O)C2)C2NNCN2C)C1. The zero-order valence-electron chi connectivity index (χ0n) is 24.4. The van der Waals surface area contributed by atoms with Gasteiger partial charge in [0.15, 0.2) is 0 Å². The van der Waals surface area contributed by atoms with Gasteiger partial charge in [0.25, 0.3) is 0 Å². The van der Waals surface area contributed by atoms with Crippen molar-refractivity contribution >= 4 is 5.52 Å². The minimum absolute atomic E-state index is 0.0518. The van der Waals surface area contributed by atoms with E-state index >= 15 is 0 Å². The van der Waals surface area contributed by atoms with E-state index in [4.69, 9.17) is 4.74 Å². The summed E-state index contributed by atoms with van der Waals surface area (Å²) in [6, 6.07) is 1.32. The van der Waals surface area contributed by atoms with E-state index in [9.17, 15) is 18.0 Å². The first-order valence-electron chi connectivity index (χ1n) is 15.1. The lowest BCUT2D eigenvalue weighted by Crippen LogP contribution is -2.65. The van der Waals surface area contributed by atoms with E-state index in [1.807, 2.05) is 0 Å². The molecule has 2 aromatic heterocycles. The van der Waals surface area contributed by atoms with Crippen molar-refractivity contribution in [2.24, 2.45) is 11.8 Å². The number of fused-ring (bicyclic) bond motifs is 1. The standard InChI is InChI=1S/C29H44F3N7O2/c1-19-6-5-9-36(12-19)13-20-10-24(29(30,31)32)25-17-38(28(40)39(25)14-20)22-8-4-7-21(11-22)26(27-34-33-18-35(27)2)37-15-23(16-37)41-3/h10,14,17,19,21-23,26-27,33-34H,4-9,11-13,15-16,18H2,1-3H3/t19-,21?,22?,26-,27?/m0/s1. The molecule has 0 spiro atoms. The van der Waals surface area contributed by atoms with Crippen molar-refractivity contribution in [1.29, 1.82) is 0 Å². The molecular formula is C29H44F3N7O2. The normalized spacial score (nSPS) is 30.2. The summed E-state index contributed by atoms with van der Waals surface area (Å²) < 4.78 is 51.4. The molecule has 4 fully saturated rings. The fourth-order valence-electron chi connectivity index (χ4n) is 7.74. The highest BCUT2D eigenvalue weighted by molar-refractivity contribution is 5.56. The number of rotatable bonds is 7. The van der Waals surface area contributed by atoms with Crippen molar-refractivity contribution in [1.82, 2.24) is 34.5 Å². The van der Waals surface area contributed by atoms with Crippen LogP contribution < -0.4 is 16.5 Å². The van der Waals surface area contributed by atoms with Crippen molar-refractivity contribution in [3.63, 3.8) is 0 Å². The molecule has 2 aromatic rings. The first kappa shape index (κ1) is 29.1. The average molecular weight is 580 g/mol. The summed E-state index contributed by atoms with van der Waals surface area (Å²) in [5.41, 5.74) is 6.06. The Bertz CT molecular complexity index is 1270. The second kappa shape index (κ2) is 11.6. The minimum atomic E-state index is -4.55. The maximum Gasteiger partial charge on any atom is 0.418 e. The Labute approximate surface area is 239 Å². The van der Waals surface area contributed by atoms with Gasteiger partial charge < -0.3 is 4.74 Å². The number of hydrogen-bond donors (Lipinski definition) is 2. The van der Waals surface area contributed by atoms with Gasteiger partial charge in [-0.15, -0.1) is 0 Å². The molecule has 3 unspecified atom stereocenters. The molecule has 3 saturated heterocycles. The fraction of sp³-hybridized carbons (Fsp3) is 0.759. The van der Waals surface area contributed by atoms with E-state index in [0.717, 1.165) is 71.4 Å². The molecule has 9 nitrogen and oxygen atoms in total. The summed E-state index contributed by atoms with van der Waals surface area (Å²) in [7, 11) is 3.83. The molecule has 1 aliphatic carbocycles. The van der Waals surface area contributed by atoms with Crippen LogP contribution in [-0.2, 0) is 17.5 Å². The molecule has 0 amide bonds. The van der Waals surface area contributed by atoms with Crippen LogP contribution in [0.2, 0.25) is 0 Å². The number of imidazole rings is 1. The monoisotopic (exact) mass is 579 g/mol. The molecule has 2 N–H and O–H groups in total. The van der Waals surface area contributed by atoms with Gasteiger partial charge in [-0.25, -0.2) is 15.6 Å². The lowest BCUT2D eigenvalue weighted by molar-refractivity contribution is -0.136. The van der Waals surface area contributed by atoms with Crippen molar-refractivity contribution in [2.45, 2.75) is 82.5 Å². The molecule has 0 radical (unpaired) electrons. The second-order valence-corrected chi connectivity index (χ2v) is 12.9. The van der Waals surface area contributed by atoms with Gasteiger partial charge in [0, 0.05) is 57.8 Å². The highest BCUT2D eigenvalue weighted by Crippen LogP contribution is 2.40. The van der Waals surface area contributed by atoms with Crippen LogP contribution >= 0.6 is 0 Å². The van der Waals surface area contributed by atoms with Gasteiger partial charge in [-0.2, -0.15) is 13.2 Å². The number of pyridine rings is 1. The summed E-state index contributed by atoms with van der Waals surface area (Å²) in [4.78, 5) is 20.7. The zero-order chi connectivity index (χ0) is 28.9. The van der Waals surface area contributed by atoms with Crippen molar-refractivity contribution in [2.75, 3.05) is 47.0 Å². The van der Waals surface area contributed by atoms with Crippen LogP contribution in [0.5, 0.6) is 0 Å². The summed E-state index contributed by atoms with van der Waals surface area (Å²) in [5.74, 6) is 0.813. The van der Waals surface area contributed by atoms with E-state index in [-0.39, 0.29) is 35.6 Å².